The first-order valence-electron chi connectivity index (χ1n) is 6.41. The number of hydrogen-bond donors (Lipinski definition) is 1. The van der Waals surface area contributed by atoms with Gasteiger partial charge in [0.2, 0.25) is 0 Å². The van der Waals surface area contributed by atoms with Crippen molar-refractivity contribution in [2.75, 3.05) is 23.3 Å². The summed E-state index contributed by atoms with van der Waals surface area (Å²) in [5.74, 6) is 1.22. The molecule has 1 aliphatic rings. The number of rotatable bonds is 3. The molecular weight excluding hydrogens is 243 g/mol. The largest absolute Gasteiger partial charge is 0.356 e. The highest BCUT2D eigenvalue weighted by atomic mass is 19.1. The van der Waals surface area contributed by atoms with E-state index in [0.29, 0.717) is 11.5 Å². The molecule has 0 bridgehead atoms. The fraction of sp³-hybridized carbons (Fsp3) is 0.286. The molecule has 1 aliphatic heterocycles. The quantitative estimate of drug-likeness (QED) is 0.919. The smallest absolute Gasteiger partial charge is 0.146 e. The van der Waals surface area contributed by atoms with Gasteiger partial charge in [-0.1, -0.05) is 12.1 Å². The van der Waals surface area contributed by atoms with Crippen LogP contribution < -0.4 is 10.2 Å². The molecule has 4 nitrogen and oxygen atoms in total. The van der Waals surface area contributed by atoms with Crippen LogP contribution in [0.1, 0.15) is 12.8 Å². The minimum atomic E-state index is -0.288. The maximum absolute atomic E-state index is 13.6. The van der Waals surface area contributed by atoms with Crippen molar-refractivity contribution in [3.8, 4) is 0 Å². The third-order valence-electron chi connectivity index (χ3n) is 3.22. The van der Waals surface area contributed by atoms with E-state index in [0.717, 1.165) is 18.9 Å². The van der Waals surface area contributed by atoms with E-state index in [4.69, 9.17) is 0 Å². The van der Waals surface area contributed by atoms with Crippen molar-refractivity contribution >= 4 is 17.3 Å². The predicted molar refractivity (Wildman–Crippen MR) is 73.2 cm³/mol. The van der Waals surface area contributed by atoms with Crippen molar-refractivity contribution in [1.29, 1.82) is 0 Å². The van der Waals surface area contributed by atoms with Crippen LogP contribution in [0.2, 0.25) is 0 Å². The van der Waals surface area contributed by atoms with Gasteiger partial charge in [-0.2, -0.15) is 0 Å². The minimum absolute atomic E-state index is 0.288. The Balaban J connectivity index is 1.81. The molecule has 19 heavy (non-hydrogen) atoms. The Kier molecular flexibility index (Phi) is 3.27. The molecule has 1 aromatic heterocycles. The van der Waals surface area contributed by atoms with Crippen LogP contribution in [0.4, 0.5) is 21.7 Å². The monoisotopic (exact) mass is 258 g/mol. The van der Waals surface area contributed by atoms with Gasteiger partial charge in [-0.3, -0.25) is 0 Å². The molecule has 2 heterocycles. The van der Waals surface area contributed by atoms with E-state index in [-0.39, 0.29) is 5.82 Å². The van der Waals surface area contributed by atoms with E-state index >= 15 is 0 Å². The van der Waals surface area contributed by atoms with Crippen molar-refractivity contribution in [3.05, 3.63) is 42.5 Å². The summed E-state index contributed by atoms with van der Waals surface area (Å²) < 4.78 is 13.6. The lowest BCUT2D eigenvalue weighted by molar-refractivity contribution is 0.632. The number of para-hydroxylation sites is 1. The number of hydrogen-bond acceptors (Lipinski definition) is 4. The highest BCUT2D eigenvalue weighted by molar-refractivity contribution is 5.59. The van der Waals surface area contributed by atoms with Crippen LogP contribution in [0.5, 0.6) is 0 Å². The molecule has 0 spiro atoms. The van der Waals surface area contributed by atoms with E-state index in [9.17, 15) is 4.39 Å². The second kappa shape index (κ2) is 5.22. The lowest BCUT2D eigenvalue weighted by Gasteiger charge is -2.16. The molecule has 1 saturated heterocycles. The number of benzene rings is 1. The number of halogens is 1. The lowest BCUT2D eigenvalue weighted by atomic mass is 10.3. The van der Waals surface area contributed by atoms with Crippen molar-refractivity contribution in [2.45, 2.75) is 12.8 Å². The maximum Gasteiger partial charge on any atom is 0.146 e. The summed E-state index contributed by atoms with van der Waals surface area (Å²) in [5, 5.41) is 2.98. The van der Waals surface area contributed by atoms with Crippen molar-refractivity contribution in [1.82, 2.24) is 9.97 Å². The van der Waals surface area contributed by atoms with Gasteiger partial charge in [-0.05, 0) is 25.0 Å². The molecular formula is C14H15FN4. The van der Waals surface area contributed by atoms with E-state index in [1.165, 1.54) is 25.2 Å². The molecule has 0 saturated carbocycles. The molecule has 1 N–H and O–H groups in total. The zero-order valence-corrected chi connectivity index (χ0v) is 10.5. The topological polar surface area (TPSA) is 41.0 Å². The Bertz CT molecular complexity index is 567. The average molecular weight is 258 g/mol. The van der Waals surface area contributed by atoms with E-state index < -0.39 is 0 Å². The molecule has 0 atom stereocenters. The molecule has 1 fully saturated rings. The number of nitrogens with zero attached hydrogens (tertiary/aromatic N) is 3. The Labute approximate surface area is 111 Å². The average Bonchev–Trinajstić information content (AvgIpc) is 2.96. The van der Waals surface area contributed by atoms with Crippen molar-refractivity contribution in [3.63, 3.8) is 0 Å². The summed E-state index contributed by atoms with van der Waals surface area (Å²) in [7, 11) is 0. The first kappa shape index (κ1) is 11.9. The summed E-state index contributed by atoms with van der Waals surface area (Å²) >= 11 is 0. The van der Waals surface area contributed by atoms with E-state index in [1.807, 2.05) is 6.07 Å². The lowest BCUT2D eigenvalue weighted by Crippen LogP contribution is -2.19. The molecule has 3 rings (SSSR count). The first-order chi connectivity index (χ1) is 9.33. The Hall–Kier alpha value is -2.17. The van der Waals surface area contributed by atoms with E-state index in [2.05, 4.69) is 20.2 Å². The molecule has 98 valence electrons. The maximum atomic E-state index is 13.6. The summed E-state index contributed by atoms with van der Waals surface area (Å²) in [4.78, 5) is 10.6. The molecule has 0 amide bonds. The standard InChI is InChI=1S/C14H15FN4/c15-11-5-1-2-6-12(11)18-13-9-14(17-10-16-13)19-7-3-4-8-19/h1-2,5-6,9-10H,3-4,7-8H2,(H,16,17,18). The second-order valence-corrected chi connectivity index (χ2v) is 4.56. The van der Waals surface area contributed by atoms with Gasteiger partial charge >= 0.3 is 0 Å². The van der Waals surface area contributed by atoms with Crippen LogP contribution in [-0.4, -0.2) is 23.1 Å². The zero-order chi connectivity index (χ0) is 13.1. The molecule has 5 heteroatoms. The Morgan fingerprint density at radius 2 is 1.89 bits per heavy atom. The van der Waals surface area contributed by atoms with Crippen LogP contribution in [0.25, 0.3) is 0 Å². The highest BCUT2D eigenvalue weighted by Gasteiger charge is 2.14. The van der Waals surface area contributed by atoms with Crippen LogP contribution in [0, 0.1) is 5.82 Å². The number of nitrogens with one attached hydrogen (secondary N) is 1. The molecule has 0 unspecified atom stereocenters. The van der Waals surface area contributed by atoms with Crippen molar-refractivity contribution < 1.29 is 4.39 Å². The van der Waals surface area contributed by atoms with Crippen LogP contribution >= 0.6 is 0 Å². The third kappa shape index (κ3) is 2.65. The van der Waals surface area contributed by atoms with Crippen molar-refractivity contribution in [2.24, 2.45) is 0 Å². The normalized spacial score (nSPS) is 14.7. The molecule has 0 aliphatic carbocycles. The highest BCUT2D eigenvalue weighted by Crippen LogP contribution is 2.22. The Morgan fingerprint density at radius 1 is 1.11 bits per heavy atom. The predicted octanol–water partition coefficient (Wildman–Crippen LogP) is 2.96. The number of aromatic nitrogens is 2. The van der Waals surface area contributed by atoms with Crippen LogP contribution in [-0.2, 0) is 0 Å². The summed E-state index contributed by atoms with van der Waals surface area (Å²) in [6, 6.07) is 8.42. The van der Waals surface area contributed by atoms with Gasteiger partial charge in [-0.15, -0.1) is 0 Å². The molecule has 1 aromatic carbocycles. The van der Waals surface area contributed by atoms with Crippen LogP contribution in [0.15, 0.2) is 36.7 Å². The molecule has 0 radical (unpaired) electrons. The fourth-order valence-electron chi connectivity index (χ4n) is 2.24. The van der Waals surface area contributed by atoms with E-state index in [1.54, 1.807) is 18.2 Å². The fourth-order valence-corrected chi connectivity index (χ4v) is 2.24. The zero-order valence-electron chi connectivity index (χ0n) is 10.5. The summed E-state index contributed by atoms with van der Waals surface area (Å²) in [5.41, 5.74) is 0.425. The minimum Gasteiger partial charge on any atom is -0.356 e. The molecule has 2 aromatic rings. The van der Waals surface area contributed by atoms with Gasteiger partial charge in [0.25, 0.3) is 0 Å². The van der Waals surface area contributed by atoms with Gasteiger partial charge < -0.3 is 10.2 Å². The Morgan fingerprint density at radius 3 is 2.68 bits per heavy atom. The summed E-state index contributed by atoms with van der Waals surface area (Å²) in [6.07, 6.45) is 3.90. The van der Waals surface area contributed by atoms with Gasteiger partial charge in [-0.25, -0.2) is 14.4 Å². The summed E-state index contributed by atoms with van der Waals surface area (Å²) in [6.45, 7) is 2.05. The number of anilines is 3. The van der Waals surface area contributed by atoms with Gasteiger partial charge in [0.15, 0.2) is 0 Å². The first-order valence-corrected chi connectivity index (χ1v) is 6.41. The third-order valence-corrected chi connectivity index (χ3v) is 3.22. The van der Waals surface area contributed by atoms with Crippen LogP contribution in [0.3, 0.4) is 0 Å². The SMILES string of the molecule is Fc1ccccc1Nc1cc(N2CCCC2)ncn1. The van der Waals surface area contributed by atoms with Gasteiger partial charge in [0.05, 0.1) is 5.69 Å². The van der Waals surface area contributed by atoms with Gasteiger partial charge in [0.1, 0.15) is 23.8 Å². The second-order valence-electron chi connectivity index (χ2n) is 4.56. The van der Waals surface area contributed by atoms with Gasteiger partial charge in [0, 0.05) is 19.2 Å².